The van der Waals surface area contributed by atoms with Gasteiger partial charge in [0, 0.05) is 11.8 Å². The number of carbonyl (C=O) groups is 1. The lowest BCUT2D eigenvalue weighted by atomic mass is 10.1. The summed E-state index contributed by atoms with van der Waals surface area (Å²) in [6.45, 7) is 0.316. The number of benzene rings is 1. The SMILES string of the molecule is C#CCCOc1nc(C(=O)O)cc2ccccc12. The van der Waals surface area contributed by atoms with Gasteiger partial charge in [-0.2, -0.15) is 0 Å². The zero-order chi connectivity index (χ0) is 13.0. The van der Waals surface area contributed by atoms with Crippen LogP contribution in [0, 0.1) is 12.3 Å². The number of aromatic carboxylic acids is 1. The molecule has 0 aliphatic rings. The maximum Gasteiger partial charge on any atom is 0.354 e. The molecule has 2 aromatic rings. The molecular formula is C14H11NO3. The van der Waals surface area contributed by atoms with E-state index in [0.29, 0.717) is 18.9 Å². The Morgan fingerprint density at radius 2 is 2.22 bits per heavy atom. The number of carboxylic acids is 1. The number of nitrogens with zero attached hydrogens (tertiary/aromatic N) is 1. The second-order valence-electron chi connectivity index (χ2n) is 3.64. The minimum atomic E-state index is -1.08. The average molecular weight is 241 g/mol. The molecule has 2 rings (SSSR count). The van der Waals surface area contributed by atoms with Crippen molar-refractivity contribution in [3.05, 3.63) is 36.0 Å². The molecule has 4 nitrogen and oxygen atoms in total. The van der Waals surface area contributed by atoms with E-state index in [9.17, 15) is 4.79 Å². The summed E-state index contributed by atoms with van der Waals surface area (Å²) < 4.78 is 5.43. The van der Waals surface area contributed by atoms with E-state index in [4.69, 9.17) is 16.3 Å². The molecule has 1 N–H and O–H groups in total. The van der Waals surface area contributed by atoms with E-state index in [0.717, 1.165) is 10.8 Å². The normalized spacial score (nSPS) is 9.94. The summed E-state index contributed by atoms with van der Waals surface area (Å²) in [5.41, 5.74) is -0.0376. The van der Waals surface area contributed by atoms with Gasteiger partial charge in [-0.25, -0.2) is 9.78 Å². The van der Waals surface area contributed by atoms with Crippen LogP contribution in [0.5, 0.6) is 5.88 Å². The third-order valence-corrected chi connectivity index (χ3v) is 2.41. The predicted octanol–water partition coefficient (Wildman–Crippen LogP) is 2.34. The third kappa shape index (κ3) is 2.41. The lowest BCUT2D eigenvalue weighted by Crippen LogP contribution is -2.05. The molecule has 0 atom stereocenters. The highest BCUT2D eigenvalue weighted by atomic mass is 16.5. The zero-order valence-electron chi connectivity index (χ0n) is 9.59. The summed E-state index contributed by atoms with van der Waals surface area (Å²) >= 11 is 0. The van der Waals surface area contributed by atoms with E-state index < -0.39 is 5.97 Å². The van der Waals surface area contributed by atoms with Gasteiger partial charge in [0.05, 0.1) is 0 Å². The molecule has 0 saturated carbocycles. The maximum absolute atomic E-state index is 11.0. The van der Waals surface area contributed by atoms with Crippen LogP contribution in [-0.4, -0.2) is 22.7 Å². The van der Waals surface area contributed by atoms with Gasteiger partial charge >= 0.3 is 5.97 Å². The lowest BCUT2D eigenvalue weighted by Gasteiger charge is -2.08. The van der Waals surface area contributed by atoms with Gasteiger partial charge < -0.3 is 9.84 Å². The Kier molecular flexibility index (Phi) is 3.44. The van der Waals surface area contributed by atoms with Gasteiger partial charge in [-0.05, 0) is 17.5 Å². The Hall–Kier alpha value is -2.54. The summed E-state index contributed by atoms with van der Waals surface area (Å²) in [5.74, 6) is 1.68. The lowest BCUT2D eigenvalue weighted by molar-refractivity contribution is 0.0689. The van der Waals surface area contributed by atoms with Crippen molar-refractivity contribution in [2.45, 2.75) is 6.42 Å². The number of carboxylic acid groups (broad SMARTS) is 1. The first-order valence-corrected chi connectivity index (χ1v) is 5.41. The number of aromatic nitrogens is 1. The molecule has 0 unspecified atom stereocenters. The van der Waals surface area contributed by atoms with E-state index in [1.54, 1.807) is 0 Å². The Morgan fingerprint density at radius 3 is 2.94 bits per heavy atom. The highest BCUT2D eigenvalue weighted by Crippen LogP contribution is 2.24. The van der Waals surface area contributed by atoms with Crippen LogP contribution < -0.4 is 4.74 Å². The molecule has 18 heavy (non-hydrogen) atoms. The van der Waals surface area contributed by atoms with Gasteiger partial charge in [-0.15, -0.1) is 12.3 Å². The molecular weight excluding hydrogens is 230 g/mol. The van der Waals surface area contributed by atoms with Crippen LogP contribution in [0.15, 0.2) is 30.3 Å². The van der Waals surface area contributed by atoms with Crippen molar-refractivity contribution in [3.8, 4) is 18.2 Å². The van der Waals surface area contributed by atoms with Crippen LogP contribution in [0.2, 0.25) is 0 Å². The Balaban J connectivity index is 2.47. The first-order chi connectivity index (χ1) is 8.72. The van der Waals surface area contributed by atoms with Gasteiger partial charge in [0.1, 0.15) is 6.61 Å². The highest BCUT2D eigenvalue weighted by Gasteiger charge is 2.11. The quantitative estimate of drug-likeness (QED) is 0.659. The summed E-state index contributed by atoms with van der Waals surface area (Å²) in [6.07, 6.45) is 5.59. The van der Waals surface area contributed by atoms with Crippen molar-refractivity contribution in [1.82, 2.24) is 4.98 Å². The van der Waals surface area contributed by atoms with Crippen molar-refractivity contribution in [3.63, 3.8) is 0 Å². The Bertz CT molecular complexity index is 628. The second-order valence-corrected chi connectivity index (χ2v) is 3.64. The standard InChI is InChI=1S/C14H11NO3/c1-2-3-8-18-13-11-7-5-4-6-10(11)9-12(15-13)14(16)17/h1,4-7,9H,3,8H2,(H,16,17). The summed E-state index contributed by atoms with van der Waals surface area (Å²) in [5, 5.41) is 10.5. The number of rotatable bonds is 4. The third-order valence-electron chi connectivity index (χ3n) is 2.41. The predicted molar refractivity (Wildman–Crippen MR) is 67.6 cm³/mol. The molecule has 0 aliphatic heterocycles. The van der Waals surface area contributed by atoms with E-state index in [1.165, 1.54) is 6.07 Å². The first-order valence-electron chi connectivity index (χ1n) is 5.41. The Morgan fingerprint density at radius 1 is 1.44 bits per heavy atom. The molecule has 0 spiro atoms. The number of ether oxygens (including phenoxy) is 1. The van der Waals surface area contributed by atoms with Crippen LogP contribution in [-0.2, 0) is 0 Å². The number of hydrogen-bond acceptors (Lipinski definition) is 3. The molecule has 1 aromatic heterocycles. The van der Waals surface area contributed by atoms with Crippen molar-refractivity contribution in [2.75, 3.05) is 6.61 Å². The number of pyridine rings is 1. The summed E-state index contributed by atoms with van der Waals surface area (Å²) in [4.78, 5) is 15.0. The molecule has 0 aliphatic carbocycles. The molecule has 0 amide bonds. The fraction of sp³-hybridized carbons (Fsp3) is 0.143. The largest absolute Gasteiger partial charge is 0.477 e. The summed E-state index contributed by atoms with van der Waals surface area (Å²) in [7, 11) is 0. The molecule has 0 fully saturated rings. The van der Waals surface area contributed by atoms with Crippen LogP contribution in [0.1, 0.15) is 16.9 Å². The maximum atomic E-state index is 11.0. The van der Waals surface area contributed by atoms with Crippen LogP contribution in [0.25, 0.3) is 10.8 Å². The van der Waals surface area contributed by atoms with Gasteiger partial charge in [-0.1, -0.05) is 18.2 Å². The summed E-state index contributed by atoms with van der Waals surface area (Å²) in [6, 6.07) is 8.85. The molecule has 0 saturated heterocycles. The van der Waals surface area contributed by atoms with Crippen molar-refractivity contribution >= 4 is 16.7 Å². The first kappa shape index (κ1) is 11.9. The molecule has 1 heterocycles. The number of fused-ring (bicyclic) bond motifs is 1. The smallest absolute Gasteiger partial charge is 0.354 e. The zero-order valence-corrected chi connectivity index (χ0v) is 9.59. The van der Waals surface area contributed by atoms with Gasteiger partial charge in [0.15, 0.2) is 5.69 Å². The van der Waals surface area contributed by atoms with E-state index >= 15 is 0 Å². The molecule has 0 bridgehead atoms. The molecule has 0 radical (unpaired) electrons. The van der Waals surface area contributed by atoms with Crippen molar-refractivity contribution < 1.29 is 14.6 Å². The van der Waals surface area contributed by atoms with E-state index in [1.807, 2.05) is 24.3 Å². The van der Waals surface area contributed by atoms with Gasteiger partial charge in [0.25, 0.3) is 0 Å². The van der Waals surface area contributed by atoms with Gasteiger partial charge in [0.2, 0.25) is 5.88 Å². The molecule has 90 valence electrons. The number of hydrogen-bond donors (Lipinski definition) is 1. The highest BCUT2D eigenvalue weighted by molar-refractivity contribution is 5.94. The fourth-order valence-electron chi connectivity index (χ4n) is 1.59. The van der Waals surface area contributed by atoms with Crippen LogP contribution in [0.4, 0.5) is 0 Å². The van der Waals surface area contributed by atoms with E-state index in [-0.39, 0.29) is 5.69 Å². The molecule has 4 heteroatoms. The minimum Gasteiger partial charge on any atom is -0.477 e. The van der Waals surface area contributed by atoms with Crippen LogP contribution in [0.3, 0.4) is 0 Å². The van der Waals surface area contributed by atoms with Crippen molar-refractivity contribution in [2.24, 2.45) is 0 Å². The molecule has 1 aromatic carbocycles. The fourth-order valence-corrected chi connectivity index (χ4v) is 1.59. The Labute approximate surface area is 104 Å². The number of terminal acetylenes is 1. The van der Waals surface area contributed by atoms with Crippen molar-refractivity contribution in [1.29, 1.82) is 0 Å². The second kappa shape index (κ2) is 5.19. The van der Waals surface area contributed by atoms with Gasteiger partial charge in [-0.3, -0.25) is 0 Å². The topological polar surface area (TPSA) is 59.4 Å². The monoisotopic (exact) mass is 241 g/mol. The average Bonchev–Trinajstić information content (AvgIpc) is 2.38. The van der Waals surface area contributed by atoms with Crippen LogP contribution >= 0.6 is 0 Å². The minimum absolute atomic E-state index is 0.0376. The van der Waals surface area contributed by atoms with E-state index in [2.05, 4.69) is 10.9 Å².